The van der Waals surface area contributed by atoms with Gasteiger partial charge in [0.2, 0.25) is 10.0 Å². The van der Waals surface area contributed by atoms with Gasteiger partial charge in [0.15, 0.2) is 5.96 Å². The van der Waals surface area contributed by atoms with Gasteiger partial charge in [0.25, 0.3) is 0 Å². The van der Waals surface area contributed by atoms with Crippen LogP contribution in [-0.4, -0.2) is 64.3 Å². The molecule has 0 bridgehead atoms. The Morgan fingerprint density at radius 2 is 1.76 bits per heavy atom. The summed E-state index contributed by atoms with van der Waals surface area (Å²) >= 11 is 0. The SMILES string of the molecule is CCN(CC)S(=O)(=O)CCNC(=NC)NCCCOc1ccccc1. The van der Waals surface area contributed by atoms with Crippen molar-refractivity contribution in [2.45, 2.75) is 20.3 Å². The zero-order chi connectivity index (χ0) is 18.5. The Labute approximate surface area is 151 Å². The molecule has 0 unspecified atom stereocenters. The number of sulfonamides is 1. The number of rotatable bonds is 11. The molecule has 7 nitrogen and oxygen atoms in total. The summed E-state index contributed by atoms with van der Waals surface area (Å²) in [7, 11) is -1.56. The second kappa shape index (κ2) is 11.7. The highest BCUT2D eigenvalue weighted by Gasteiger charge is 2.18. The number of aliphatic imine (C=N–C) groups is 1. The molecule has 0 heterocycles. The van der Waals surface area contributed by atoms with Crippen molar-refractivity contribution in [2.75, 3.05) is 45.6 Å². The topological polar surface area (TPSA) is 83.0 Å². The summed E-state index contributed by atoms with van der Waals surface area (Å²) in [5, 5.41) is 6.18. The van der Waals surface area contributed by atoms with Gasteiger partial charge in [-0.15, -0.1) is 0 Å². The van der Waals surface area contributed by atoms with Crippen molar-refractivity contribution in [2.24, 2.45) is 4.99 Å². The molecule has 8 heteroatoms. The van der Waals surface area contributed by atoms with E-state index in [9.17, 15) is 8.42 Å². The second-order valence-corrected chi connectivity index (χ2v) is 7.43. The van der Waals surface area contributed by atoms with Crippen molar-refractivity contribution < 1.29 is 13.2 Å². The van der Waals surface area contributed by atoms with Gasteiger partial charge in [0, 0.05) is 33.2 Å². The highest BCUT2D eigenvalue weighted by Crippen LogP contribution is 2.08. The first-order valence-electron chi connectivity index (χ1n) is 8.63. The number of benzene rings is 1. The first-order chi connectivity index (χ1) is 12.0. The fourth-order valence-electron chi connectivity index (χ4n) is 2.25. The fourth-order valence-corrected chi connectivity index (χ4v) is 3.66. The number of para-hydroxylation sites is 1. The molecule has 0 amide bonds. The Kier molecular flexibility index (Phi) is 9.94. The maximum absolute atomic E-state index is 12.1. The van der Waals surface area contributed by atoms with Crippen LogP contribution < -0.4 is 15.4 Å². The summed E-state index contributed by atoms with van der Waals surface area (Å²) in [6.07, 6.45) is 0.813. The van der Waals surface area contributed by atoms with Crippen LogP contribution >= 0.6 is 0 Å². The van der Waals surface area contributed by atoms with E-state index >= 15 is 0 Å². The summed E-state index contributed by atoms with van der Waals surface area (Å²) in [4.78, 5) is 4.09. The first-order valence-corrected chi connectivity index (χ1v) is 10.2. The Bertz CT molecular complexity index is 602. The smallest absolute Gasteiger partial charge is 0.215 e. The molecule has 1 rings (SSSR count). The van der Waals surface area contributed by atoms with Gasteiger partial charge >= 0.3 is 0 Å². The van der Waals surface area contributed by atoms with Gasteiger partial charge in [-0.3, -0.25) is 4.99 Å². The van der Waals surface area contributed by atoms with Gasteiger partial charge in [0.05, 0.1) is 12.4 Å². The molecule has 2 N–H and O–H groups in total. The minimum atomic E-state index is -3.22. The third-order valence-corrected chi connectivity index (χ3v) is 5.62. The molecule has 25 heavy (non-hydrogen) atoms. The summed E-state index contributed by atoms with van der Waals surface area (Å²) < 4.78 is 31.3. The van der Waals surface area contributed by atoms with E-state index in [-0.39, 0.29) is 5.75 Å². The molecule has 1 aromatic carbocycles. The average Bonchev–Trinajstić information content (AvgIpc) is 2.61. The molecule has 0 saturated heterocycles. The van der Waals surface area contributed by atoms with Crippen molar-refractivity contribution >= 4 is 16.0 Å². The van der Waals surface area contributed by atoms with Gasteiger partial charge in [0.1, 0.15) is 5.75 Å². The number of guanidine groups is 1. The van der Waals surface area contributed by atoms with Crippen LogP contribution in [-0.2, 0) is 10.0 Å². The number of hydrogen-bond acceptors (Lipinski definition) is 4. The molecule has 0 spiro atoms. The predicted octanol–water partition coefficient (Wildman–Crippen LogP) is 1.29. The summed E-state index contributed by atoms with van der Waals surface area (Å²) in [6, 6.07) is 9.66. The largest absolute Gasteiger partial charge is 0.494 e. The van der Waals surface area contributed by atoms with E-state index in [1.165, 1.54) is 4.31 Å². The zero-order valence-corrected chi connectivity index (χ0v) is 16.2. The summed E-state index contributed by atoms with van der Waals surface area (Å²) in [5.74, 6) is 1.49. The van der Waals surface area contributed by atoms with Gasteiger partial charge in [-0.1, -0.05) is 32.0 Å². The van der Waals surface area contributed by atoms with E-state index in [0.29, 0.717) is 38.7 Å². The summed E-state index contributed by atoms with van der Waals surface area (Å²) in [6.45, 7) is 6.28. The minimum absolute atomic E-state index is 0.0481. The van der Waals surface area contributed by atoms with Crippen LogP contribution in [0.1, 0.15) is 20.3 Å². The number of nitrogens with one attached hydrogen (secondary N) is 2. The van der Waals surface area contributed by atoms with Crippen molar-refractivity contribution in [3.05, 3.63) is 30.3 Å². The molecule has 142 valence electrons. The van der Waals surface area contributed by atoms with Crippen LogP contribution in [0.2, 0.25) is 0 Å². The van der Waals surface area contributed by atoms with Crippen LogP contribution in [0.25, 0.3) is 0 Å². The van der Waals surface area contributed by atoms with Crippen LogP contribution in [0.5, 0.6) is 5.75 Å². The van der Waals surface area contributed by atoms with Gasteiger partial charge in [-0.25, -0.2) is 12.7 Å². The van der Waals surface area contributed by atoms with Crippen LogP contribution in [0.3, 0.4) is 0 Å². The van der Waals surface area contributed by atoms with E-state index in [4.69, 9.17) is 4.74 Å². The molecular weight excluding hydrogens is 340 g/mol. The van der Waals surface area contributed by atoms with E-state index in [1.807, 2.05) is 44.2 Å². The van der Waals surface area contributed by atoms with Crippen LogP contribution in [0.15, 0.2) is 35.3 Å². The second-order valence-electron chi connectivity index (χ2n) is 5.34. The predicted molar refractivity (Wildman–Crippen MR) is 103 cm³/mol. The molecule has 0 aliphatic rings. The Morgan fingerprint density at radius 1 is 1.12 bits per heavy atom. The van der Waals surface area contributed by atoms with E-state index in [1.54, 1.807) is 7.05 Å². The fraction of sp³-hybridized carbons (Fsp3) is 0.588. The summed E-state index contributed by atoms with van der Waals surface area (Å²) in [5.41, 5.74) is 0. The molecular formula is C17H30N4O3S. The number of hydrogen-bond donors (Lipinski definition) is 2. The van der Waals surface area contributed by atoms with Gasteiger partial charge < -0.3 is 15.4 Å². The standard InChI is InChI=1S/C17H30N4O3S/c1-4-21(5-2)25(22,23)15-13-20-17(18-3)19-12-9-14-24-16-10-7-6-8-11-16/h6-8,10-11H,4-5,9,12-15H2,1-3H3,(H2,18,19,20). The molecule has 0 aliphatic heterocycles. The lowest BCUT2D eigenvalue weighted by molar-refractivity contribution is 0.311. The van der Waals surface area contributed by atoms with Gasteiger partial charge in [-0.2, -0.15) is 0 Å². The van der Waals surface area contributed by atoms with Gasteiger partial charge in [-0.05, 0) is 18.6 Å². The monoisotopic (exact) mass is 370 g/mol. The minimum Gasteiger partial charge on any atom is -0.494 e. The molecule has 0 saturated carbocycles. The third-order valence-electron chi connectivity index (χ3n) is 3.60. The molecule has 0 aromatic heterocycles. The van der Waals surface area contributed by atoms with Crippen molar-refractivity contribution in [1.29, 1.82) is 0 Å². The highest BCUT2D eigenvalue weighted by atomic mass is 32.2. The highest BCUT2D eigenvalue weighted by molar-refractivity contribution is 7.89. The van der Waals surface area contributed by atoms with E-state index in [2.05, 4.69) is 15.6 Å². The lowest BCUT2D eigenvalue weighted by Crippen LogP contribution is -2.42. The molecule has 0 atom stereocenters. The molecule has 1 aromatic rings. The van der Waals surface area contributed by atoms with Crippen LogP contribution in [0, 0.1) is 0 Å². The molecule has 0 fully saturated rings. The Balaban J connectivity index is 2.22. The maximum Gasteiger partial charge on any atom is 0.215 e. The van der Waals surface area contributed by atoms with Crippen molar-refractivity contribution in [3.8, 4) is 5.75 Å². The lowest BCUT2D eigenvalue weighted by Gasteiger charge is -2.19. The quantitative estimate of drug-likeness (QED) is 0.348. The lowest BCUT2D eigenvalue weighted by atomic mass is 10.3. The Morgan fingerprint density at radius 3 is 2.36 bits per heavy atom. The van der Waals surface area contributed by atoms with Crippen LogP contribution in [0.4, 0.5) is 0 Å². The average molecular weight is 371 g/mol. The van der Waals surface area contributed by atoms with Crippen molar-refractivity contribution in [3.63, 3.8) is 0 Å². The normalized spacial score (nSPS) is 12.2. The Hall–Kier alpha value is -1.80. The first kappa shape index (κ1) is 21.2. The van der Waals surface area contributed by atoms with E-state index in [0.717, 1.165) is 12.2 Å². The number of nitrogens with zero attached hydrogens (tertiary/aromatic N) is 2. The molecule has 0 aliphatic carbocycles. The van der Waals surface area contributed by atoms with E-state index < -0.39 is 10.0 Å². The molecule has 0 radical (unpaired) electrons. The zero-order valence-electron chi connectivity index (χ0n) is 15.4. The van der Waals surface area contributed by atoms with Crippen molar-refractivity contribution in [1.82, 2.24) is 14.9 Å². The number of ether oxygens (including phenoxy) is 1. The third kappa shape index (κ3) is 8.22. The maximum atomic E-state index is 12.1.